The number of hydrogen-bond donors (Lipinski definition) is 2. The molecule has 2 unspecified atom stereocenters. The molecule has 0 radical (unpaired) electrons. The van der Waals surface area contributed by atoms with Crippen molar-refractivity contribution in [2.24, 2.45) is 10.9 Å². The van der Waals surface area contributed by atoms with Crippen molar-refractivity contribution in [3.05, 3.63) is 65.7 Å². The van der Waals surface area contributed by atoms with Crippen molar-refractivity contribution in [3.63, 3.8) is 0 Å². The molecule has 2 aromatic rings. The van der Waals surface area contributed by atoms with Crippen LogP contribution in [0, 0.1) is 5.92 Å². The topological polar surface area (TPSA) is 36.4 Å². The van der Waals surface area contributed by atoms with Crippen molar-refractivity contribution in [1.82, 2.24) is 5.32 Å². The van der Waals surface area contributed by atoms with Crippen molar-refractivity contribution >= 4 is 11.5 Å². The molecule has 2 aliphatic rings. The Morgan fingerprint density at radius 2 is 1.70 bits per heavy atom. The maximum absolute atomic E-state index is 5.16. The first-order valence-corrected chi connectivity index (χ1v) is 13.5. The molecule has 2 N–H and O–H groups in total. The van der Waals surface area contributed by atoms with Gasteiger partial charge in [0.2, 0.25) is 0 Å². The molecule has 1 heterocycles. The first kappa shape index (κ1) is 24.0. The predicted octanol–water partition coefficient (Wildman–Crippen LogP) is 8.21. The van der Waals surface area contributed by atoms with Gasteiger partial charge in [0.15, 0.2) is 0 Å². The second kappa shape index (κ2) is 12.4. The highest BCUT2D eigenvalue weighted by atomic mass is 15.2. The van der Waals surface area contributed by atoms with Gasteiger partial charge in [0.25, 0.3) is 0 Å². The zero-order valence-corrected chi connectivity index (χ0v) is 20.7. The Morgan fingerprint density at radius 3 is 2.45 bits per heavy atom. The Hall–Kier alpha value is -2.13. The summed E-state index contributed by atoms with van der Waals surface area (Å²) in [5, 5.41) is 7.52. The molecule has 33 heavy (non-hydrogen) atoms. The number of para-hydroxylation sites is 1. The maximum Gasteiger partial charge on any atom is 0.129 e. The summed E-state index contributed by atoms with van der Waals surface area (Å²) in [6.45, 7) is 4.70. The molecule has 3 atom stereocenters. The molecule has 4 rings (SSSR count). The molecule has 0 aromatic heterocycles. The third-order valence-corrected chi connectivity index (χ3v) is 7.80. The van der Waals surface area contributed by atoms with Crippen LogP contribution in [0.4, 0.5) is 5.69 Å². The lowest BCUT2D eigenvalue weighted by Crippen LogP contribution is -2.36. The average molecular weight is 446 g/mol. The Balaban J connectivity index is 1.34. The maximum atomic E-state index is 5.16. The predicted molar refractivity (Wildman–Crippen MR) is 142 cm³/mol. The summed E-state index contributed by atoms with van der Waals surface area (Å²) in [6.07, 6.45) is 14.1. The number of benzene rings is 2. The van der Waals surface area contributed by atoms with Crippen molar-refractivity contribution in [1.29, 1.82) is 0 Å². The van der Waals surface area contributed by atoms with Gasteiger partial charge in [-0.05, 0) is 55.6 Å². The molecular weight excluding hydrogens is 402 g/mol. The van der Waals surface area contributed by atoms with Gasteiger partial charge in [-0.2, -0.15) is 0 Å². The third-order valence-electron chi connectivity index (χ3n) is 7.80. The van der Waals surface area contributed by atoms with Crippen LogP contribution in [-0.2, 0) is 0 Å². The van der Waals surface area contributed by atoms with Gasteiger partial charge in [-0.25, -0.2) is 4.99 Å². The average Bonchev–Trinajstić information content (AvgIpc) is 2.87. The molecule has 178 valence electrons. The monoisotopic (exact) mass is 445 g/mol. The van der Waals surface area contributed by atoms with Crippen LogP contribution in [-0.4, -0.2) is 11.9 Å². The SMILES string of the molecule is CCC(CCCC1=NC(NC2CCCCC2)c2ccccc2N1)C[C@@H](CC)c1ccccc1. The van der Waals surface area contributed by atoms with Gasteiger partial charge in [-0.15, -0.1) is 0 Å². The minimum atomic E-state index is 0.102. The zero-order chi connectivity index (χ0) is 22.9. The van der Waals surface area contributed by atoms with Gasteiger partial charge in [0.05, 0.1) is 0 Å². The van der Waals surface area contributed by atoms with Gasteiger partial charge >= 0.3 is 0 Å². The Morgan fingerprint density at radius 1 is 0.939 bits per heavy atom. The first-order chi connectivity index (χ1) is 16.3. The van der Waals surface area contributed by atoms with E-state index in [1.165, 1.54) is 81.0 Å². The molecule has 3 nitrogen and oxygen atoms in total. The number of hydrogen-bond acceptors (Lipinski definition) is 3. The van der Waals surface area contributed by atoms with E-state index in [0.29, 0.717) is 12.0 Å². The quantitative estimate of drug-likeness (QED) is 0.365. The molecular formula is C30H43N3. The van der Waals surface area contributed by atoms with E-state index in [0.717, 1.165) is 18.2 Å². The summed E-state index contributed by atoms with van der Waals surface area (Å²) in [5.74, 6) is 2.62. The highest BCUT2D eigenvalue weighted by Crippen LogP contribution is 2.33. The summed E-state index contributed by atoms with van der Waals surface area (Å²) in [5.41, 5.74) is 4.04. The fourth-order valence-electron chi connectivity index (χ4n) is 5.72. The molecule has 0 spiro atoms. The largest absolute Gasteiger partial charge is 0.344 e. The number of aliphatic imine (C=N–C) groups is 1. The molecule has 2 aromatic carbocycles. The fraction of sp³-hybridized carbons (Fsp3) is 0.567. The van der Waals surface area contributed by atoms with Crippen molar-refractivity contribution in [3.8, 4) is 0 Å². The number of nitrogens with one attached hydrogen (secondary N) is 2. The van der Waals surface area contributed by atoms with Crippen LogP contribution in [0.1, 0.15) is 108 Å². The molecule has 1 aliphatic carbocycles. The summed E-state index contributed by atoms with van der Waals surface area (Å²) in [4.78, 5) is 5.16. The number of fused-ring (bicyclic) bond motifs is 1. The van der Waals surface area contributed by atoms with Gasteiger partial charge in [0, 0.05) is 23.7 Å². The van der Waals surface area contributed by atoms with Crippen LogP contribution in [0.3, 0.4) is 0 Å². The van der Waals surface area contributed by atoms with E-state index in [-0.39, 0.29) is 6.17 Å². The molecule has 0 amide bonds. The fourth-order valence-corrected chi connectivity index (χ4v) is 5.72. The lowest BCUT2D eigenvalue weighted by Gasteiger charge is -2.31. The number of nitrogens with zero attached hydrogens (tertiary/aromatic N) is 1. The third kappa shape index (κ3) is 6.69. The summed E-state index contributed by atoms with van der Waals surface area (Å²) >= 11 is 0. The molecule has 1 aliphatic heterocycles. The van der Waals surface area contributed by atoms with Crippen molar-refractivity contribution < 1.29 is 0 Å². The second-order valence-corrected chi connectivity index (χ2v) is 10.1. The number of amidine groups is 1. The normalized spacial score (nSPS) is 20.4. The lowest BCUT2D eigenvalue weighted by molar-refractivity contribution is 0.341. The van der Waals surface area contributed by atoms with Crippen LogP contribution in [0.15, 0.2) is 59.6 Å². The summed E-state index contributed by atoms with van der Waals surface area (Å²) in [7, 11) is 0. The first-order valence-electron chi connectivity index (χ1n) is 13.5. The minimum absolute atomic E-state index is 0.102. The van der Waals surface area contributed by atoms with Gasteiger partial charge < -0.3 is 5.32 Å². The van der Waals surface area contributed by atoms with Crippen molar-refractivity contribution in [2.75, 3.05) is 5.32 Å². The molecule has 1 fully saturated rings. The van der Waals surface area contributed by atoms with Crippen LogP contribution in [0.25, 0.3) is 0 Å². The van der Waals surface area contributed by atoms with E-state index in [2.05, 4.69) is 79.1 Å². The summed E-state index contributed by atoms with van der Waals surface area (Å²) in [6, 6.07) is 20.4. The van der Waals surface area contributed by atoms with Gasteiger partial charge in [-0.1, -0.05) is 94.5 Å². The second-order valence-electron chi connectivity index (χ2n) is 10.1. The Bertz CT molecular complexity index is 869. The van der Waals surface area contributed by atoms with E-state index in [9.17, 15) is 0 Å². The van der Waals surface area contributed by atoms with E-state index in [1.54, 1.807) is 0 Å². The molecule has 0 saturated heterocycles. The highest BCUT2D eigenvalue weighted by Gasteiger charge is 2.24. The standard InChI is InChI=1S/C30H43N3/c1-3-23(22-24(4-2)25-15-7-5-8-16-25)14-13-21-29-32-28-20-12-11-19-27(28)30(33-29)31-26-17-9-6-10-18-26/h5,7-8,11-12,15-16,19-20,23-24,26,30-31H,3-4,6,9-10,13-14,17-18,21-22H2,1-2H3,(H,32,33)/t23?,24-,30?/m1/s1. The highest BCUT2D eigenvalue weighted by molar-refractivity contribution is 5.97. The van der Waals surface area contributed by atoms with Crippen LogP contribution in [0.5, 0.6) is 0 Å². The van der Waals surface area contributed by atoms with Crippen LogP contribution in [0.2, 0.25) is 0 Å². The zero-order valence-electron chi connectivity index (χ0n) is 20.7. The molecule has 0 bridgehead atoms. The van der Waals surface area contributed by atoms with E-state index < -0.39 is 0 Å². The summed E-state index contributed by atoms with van der Waals surface area (Å²) < 4.78 is 0. The Kier molecular flexibility index (Phi) is 9.00. The van der Waals surface area contributed by atoms with Gasteiger partial charge in [-0.3, -0.25) is 5.32 Å². The van der Waals surface area contributed by atoms with Crippen LogP contribution < -0.4 is 10.6 Å². The number of anilines is 1. The molecule has 1 saturated carbocycles. The van der Waals surface area contributed by atoms with E-state index in [4.69, 9.17) is 4.99 Å². The number of rotatable bonds is 11. The molecule has 3 heteroatoms. The Labute approximate surface area is 201 Å². The van der Waals surface area contributed by atoms with Crippen LogP contribution >= 0.6 is 0 Å². The van der Waals surface area contributed by atoms with E-state index >= 15 is 0 Å². The minimum Gasteiger partial charge on any atom is -0.344 e. The lowest BCUT2D eigenvalue weighted by atomic mass is 9.83. The smallest absolute Gasteiger partial charge is 0.129 e. The van der Waals surface area contributed by atoms with Crippen molar-refractivity contribution in [2.45, 2.75) is 103 Å². The van der Waals surface area contributed by atoms with E-state index in [1.807, 2.05) is 0 Å². The van der Waals surface area contributed by atoms with Gasteiger partial charge in [0.1, 0.15) is 12.0 Å².